The fourth-order valence-electron chi connectivity index (χ4n) is 4.01. The van der Waals surface area contributed by atoms with Crippen molar-refractivity contribution in [3.05, 3.63) is 16.3 Å². The van der Waals surface area contributed by atoms with Gasteiger partial charge in [0.25, 0.3) is 0 Å². The zero-order valence-electron chi connectivity index (χ0n) is 15.6. The van der Waals surface area contributed by atoms with Crippen LogP contribution < -0.4 is 5.69 Å². The third-order valence-electron chi connectivity index (χ3n) is 5.38. The van der Waals surface area contributed by atoms with E-state index in [4.69, 9.17) is 0 Å². The molecule has 0 radical (unpaired) electrons. The minimum atomic E-state index is -0.0646. The molecule has 140 valence electrons. The molecule has 3 rings (SSSR count). The molecule has 1 unspecified atom stereocenters. The number of hydrogen-bond acceptors (Lipinski definition) is 4. The highest BCUT2D eigenvalue weighted by molar-refractivity contribution is 8.00. The topological polar surface area (TPSA) is 60.1 Å². The molecule has 1 aromatic heterocycles. The summed E-state index contributed by atoms with van der Waals surface area (Å²) < 4.78 is 3.21. The van der Waals surface area contributed by atoms with E-state index in [9.17, 15) is 9.59 Å². The summed E-state index contributed by atoms with van der Waals surface area (Å²) in [5.74, 6) is 1.83. The molecule has 1 saturated heterocycles. The molecule has 1 atom stereocenters. The molecule has 2 fully saturated rings. The number of carbonyl (C=O) groups excluding carboxylic acids is 1. The van der Waals surface area contributed by atoms with Gasteiger partial charge in [0.15, 0.2) is 0 Å². The third-order valence-corrected chi connectivity index (χ3v) is 6.74. The van der Waals surface area contributed by atoms with Gasteiger partial charge in [0.05, 0.1) is 5.75 Å². The van der Waals surface area contributed by atoms with Gasteiger partial charge in [-0.05, 0) is 39.5 Å². The van der Waals surface area contributed by atoms with E-state index in [1.54, 1.807) is 11.6 Å². The van der Waals surface area contributed by atoms with E-state index >= 15 is 0 Å². The summed E-state index contributed by atoms with van der Waals surface area (Å²) in [6.45, 7) is 5.54. The highest BCUT2D eigenvalue weighted by Crippen LogP contribution is 2.31. The van der Waals surface area contributed by atoms with Gasteiger partial charge in [-0.3, -0.25) is 9.36 Å². The van der Waals surface area contributed by atoms with E-state index in [-0.39, 0.29) is 23.6 Å². The Morgan fingerprint density at radius 1 is 1.24 bits per heavy atom. The first kappa shape index (κ1) is 18.5. The monoisotopic (exact) mass is 366 g/mol. The molecular formula is C18H30N4O2S. The van der Waals surface area contributed by atoms with Gasteiger partial charge in [0, 0.05) is 37.3 Å². The molecule has 2 aliphatic rings. The first-order chi connectivity index (χ1) is 12.0. The maximum atomic E-state index is 12.6. The predicted octanol–water partition coefficient (Wildman–Crippen LogP) is 2.54. The lowest BCUT2D eigenvalue weighted by Gasteiger charge is -2.33. The highest BCUT2D eigenvalue weighted by Gasteiger charge is 2.30. The minimum absolute atomic E-state index is 0.0646. The van der Waals surface area contributed by atoms with Crippen LogP contribution in [-0.2, 0) is 11.8 Å². The van der Waals surface area contributed by atoms with Crippen LogP contribution in [0, 0.1) is 0 Å². The number of thioether (sulfide) groups is 1. The molecule has 1 saturated carbocycles. The van der Waals surface area contributed by atoms with Gasteiger partial charge in [0.2, 0.25) is 5.91 Å². The molecular weight excluding hydrogens is 336 g/mol. The molecule has 0 N–H and O–H groups in total. The number of nitrogens with zero attached hydrogens (tertiary/aromatic N) is 4. The van der Waals surface area contributed by atoms with Gasteiger partial charge >= 0.3 is 5.69 Å². The summed E-state index contributed by atoms with van der Waals surface area (Å²) in [6.07, 6.45) is 7.11. The van der Waals surface area contributed by atoms with E-state index < -0.39 is 0 Å². The van der Waals surface area contributed by atoms with Crippen molar-refractivity contribution in [2.45, 2.75) is 69.6 Å². The van der Waals surface area contributed by atoms with Crippen molar-refractivity contribution in [2.24, 2.45) is 7.05 Å². The van der Waals surface area contributed by atoms with Gasteiger partial charge < -0.3 is 4.90 Å². The van der Waals surface area contributed by atoms with Crippen molar-refractivity contribution in [3.63, 3.8) is 0 Å². The van der Waals surface area contributed by atoms with Crippen LogP contribution in [-0.4, -0.2) is 49.2 Å². The zero-order chi connectivity index (χ0) is 18.0. The quantitative estimate of drug-likeness (QED) is 0.803. The van der Waals surface area contributed by atoms with E-state index in [2.05, 4.69) is 5.10 Å². The normalized spacial score (nSPS) is 22.1. The lowest BCUT2D eigenvalue weighted by Crippen LogP contribution is -2.41. The van der Waals surface area contributed by atoms with Gasteiger partial charge in [-0.25, -0.2) is 9.48 Å². The van der Waals surface area contributed by atoms with Crippen molar-refractivity contribution < 1.29 is 4.79 Å². The molecule has 6 nitrogen and oxygen atoms in total. The van der Waals surface area contributed by atoms with Crippen molar-refractivity contribution in [3.8, 4) is 0 Å². The van der Waals surface area contributed by atoms with Gasteiger partial charge in [-0.1, -0.05) is 12.8 Å². The summed E-state index contributed by atoms with van der Waals surface area (Å²) >= 11 is 1.83. The molecule has 0 bridgehead atoms. The number of amides is 1. The van der Waals surface area contributed by atoms with Crippen molar-refractivity contribution in [2.75, 3.05) is 18.8 Å². The summed E-state index contributed by atoms with van der Waals surface area (Å²) in [5.41, 5.74) is -0.0646. The maximum absolute atomic E-state index is 12.6. The van der Waals surface area contributed by atoms with Crippen molar-refractivity contribution >= 4 is 17.7 Å². The Kier molecular flexibility index (Phi) is 5.92. The number of rotatable bonds is 5. The van der Waals surface area contributed by atoms with Crippen molar-refractivity contribution in [1.82, 2.24) is 19.2 Å². The summed E-state index contributed by atoms with van der Waals surface area (Å²) in [4.78, 5) is 26.9. The molecule has 0 spiro atoms. The average Bonchev–Trinajstić information content (AvgIpc) is 3.21. The second kappa shape index (κ2) is 7.98. The van der Waals surface area contributed by atoms with Crippen LogP contribution in [0.1, 0.15) is 70.2 Å². The Morgan fingerprint density at radius 3 is 2.64 bits per heavy atom. The van der Waals surface area contributed by atoms with Gasteiger partial charge in [-0.15, -0.1) is 11.8 Å². The number of likely N-dealkylation sites (tertiary alicyclic amines) is 1. The summed E-state index contributed by atoms with van der Waals surface area (Å²) in [7, 11) is 1.70. The molecule has 2 heterocycles. The fraction of sp³-hybridized carbons (Fsp3) is 0.833. The molecule has 0 aromatic carbocycles. The lowest BCUT2D eigenvalue weighted by molar-refractivity contribution is -0.129. The molecule has 25 heavy (non-hydrogen) atoms. The molecule has 1 aromatic rings. The highest BCUT2D eigenvalue weighted by atomic mass is 32.2. The van der Waals surface area contributed by atoms with Crippen LogP contribution in [0.25, 0.3) is 0 Å². The molecule has 1 amide bonds. The largest absolute Gasteiger partial charge is 0.345 e. The Labute approximate surface area is 154 Å². The first-order valence-corrected chi connectivity index (χ1v) is 10.6. The fourth-order valence-corrected chi connectivity index (χ4v) is 5.24. The standard InChI is InChI=1S/C18H30N4O2S/c1-13(2)22-17(19-20(3)18(22)24)14-7-6-10-21(11-14)16(23)12-25-15-8-4-5-9-15/h13-15H,4-12H2,1-3H3. The van der Waals surface area contributed by atoms with Crippen LogP contribution in [0.4, 0.5) is 0 Å². The third kappa shape index (κ3) is 4.13. The SMILES string of the molecule is CC(C)n1c(C2CCCN(C(=O)CSC3CCCC3)C2)nn(C)c1=O. The smallest absolute Gasteiger partial charge is 0.341 e. The molecule has 7 heteroatoms. The van der Waals surface area contributed by atoms with Crippen LogP contribution in [0.15, 0.2) is 4.79 Å². The molecule has 1 aliphatic carbocycles. The van der Waals surface area contributed by atoms with E-state index in [1.165, 1.54) is 30.4 Å². The Hall–Kier alpha value is -1.24. The second-order valence-electron chi connectivity index (χ2n) is 7.62. The van der Waals surface area contributed by atoms with Crippen molar-refractivity contribution in [1.29, 1.82) is 0 Å². The lowest BCUT2D eigenvalue weighted by atomic mass is 9.97. The summed E-state index contributed by atoms with van der Waals surface area (Å²) in [6, 6.07) is 0.0835. The van der Waals surface area contributed by atoms with E-state index in [0.717, 1.165) is 25.2 Å². The number of aryl methyl sites for hydroxylation is 1. The Balaban J connectivity index is 1.66. The maximum Gasteiger partial charge on any atom is 0.345 e. The average molecular weight is 367 g/mol. The summed E-state index contributed by atoms with van der Waals surface area (Å²) in [5, 5.41) is 5.15. The number of carbonyl (C=O) groups is 1. The van der Waals surface area contributed by atoms with Gasteiger partial charge in [0.1, 0.15) is 5.82 Å². The first-order valence-electron chi connectivity index (χ1n) is 9.52. The van der Waals surface area contributed by atoms with Crippen LogP contribution >= 0.6 is 11.8 Å². The van der Waals surface area contributed by atoms with E-state index in [1.807, 2.05) is 30.5 Å². The minimum Gasteiger partial charge on any atom is -0.341 e. The van der Waals surface area contributed by atoms with Crippen LogP contribution in [0.3, 0.4) is 0 Å². The Morgan fingerprint density at radius 2 is 1.96 bits per heavy atom. The zero-order valence-corrected chi connectivity index (χ0v) is 16.4. The Bertz CT molecular complexity index is 661. The predicted molar refractivity (Wildman–Crippen MR) is 101 cm³/mol. The van der Waals surface area contributed by atoms with E-state index in [0.29, 0.717) is 17.5 Å². The second-order valence-corrected chi connectivity index (χ2v) is 8.91. The number of hydrogen-bond donors (Lipinski definition) is 0. The number of piperidine rings is 1. The van der Waals surface area contributed by atoms with Gasteiger partial charge in [-0.2, -0.15) is 5.10 Å². The molecule has 1 aliphatic heterocycles. The van der Waals surface area contributed by atoms with Crippen LogP contribution in [0.2, 0.25) is 0 Å². The number of aromatic nitrogens is 3. The van der Waals surface area contributed by atoms with Crippen LogP contribution in [0.5, 0.6) is 0 Å².